The fraction of sp³-hybridized carbons (Fsp3) is 0.513. The molecule has 0 aliphatic carbocycles. The summed E-state index contributed by atoms with van der Waals surface area (Å²) in [4.78, 5) is 65.5. The van der Waals surface area contributed by atoms with Gasteiger partial charge in [-0.05, 0) is 82.3 Å². The fourth-order valence-electron chi connectivity index (χ4n) is 7.34. The van der Waals surface area contributed by atoms with Crippen LogP contribution in [0, 0.1) is 19.8 Å². The lowest BCUT2D eigenvalue weighted by Crippen LogP contribution is -2.52. The Kier molecular flexibility index (Phi) is 15.0. The second-order valence-electron chi connectivity index (χ2n) is 14.6. The Morgan fingerprint density at radius 3 is 2.40 bits per heavy atom. The van der Waals surface area contributed by atoms with Crippen molar-refractivity contribution in [2.24, 2.45) is 11.1 Å². The number of carbonyl (C=O) groups is 4. The molecule has 0 spiro atoms. The van der Waals surface area contributed by atoms with Crippen LogP contribution in [-0.2, 0) is 19.2 Å². The number of rotatable bonds is 15. The van der Waals surface area contributed by atoms with Crippen molar-refractivity contribution in [1.29, 1.82) is 0 Å². The molecule has 16 heteroatoms. The van der Waals surface area contributed by atoms with Gasteiger partial charge in [0.15, 0.2) is 6.61 Å². The molecule has 2 unspecified atom stereocenters. The van der Waals surface area contributed by atoms with Crippen molar-refractivity contribution in [3.05, 3.63) is 74.2 Å². The molecule has 2 atom stereocenters. The molecule has 2 saturated heterocycles. The zero-order valence-electron chi connectivity index (χ0n) is 32.1. The number of benzene rings is 2. The summed E-state index contributed by atoms with van der Waals surface area (Å²) in [5.74, 6) is -1.16. The third kappa shape index (κ3) is 11.7. The summed E-state index contributed by atoms with van der Waals surface area (Å²) in [6.45, 7) is 6.66. The average Bonchev–Trinajstić information content (AvgIpc) is 3.66. The maximum Gasteiger partial charge on any atom is 0.266 e. The minimum absolute atomic E-state index is 0.0165. The molecule has 5 rings (SSSR count). The van der Waals surface area contributed by atoms with Gasteiger partial charge in [0.05, 0.1) is 22.3 Å². The standard InChI is InChI=1S/C39H50Cl2N8O5S/c1-25-17-26(2)19-29(18-25)37(52)47(5)22-34(45-54-23-35(50)43-39-44-42-24-55-39)31(27-8-9-32(40)33(41)20-27)12-16-48-14-10-30(11-15-48)49-13-6-7-28(38(49)53)21-36(51)46(3)4/h8-9,17-20,24,28,30-31H,6-7,10-16,21-23H2,1-5H3,(H,43,44,50)/b45-34+. The minimum atomic E-state index is -0.448. The van der Waals surface area contributed by atoms with Crippen LogP contribution in [0.25, 0.3) is 0 Å². The van der Waals surface area contributed by atoms with Crippen LogP contribution in [0.3, 0.4) is 0 Å². The van der Waals surface area contributed by atoms with Gasteiger partial charge in [-0.3, -0.25) is 24.5 Å². The molecule has 0 radical (unpaired) electrons. The highest BCUT2D eigenvalue weighted by Crippen LogP contribution is 2.32. The van der Waals surface area contributed by atoms with E-state index in [0.29, 0.717) is 39.4 Å². The zero-order chi connectivity index (χ0) is 39.6. The molecule has 4 amide bonds. The molecule has 2 aromatic carbocycles. The van der Waals surface area contributed by atoms with Gasteiger partial charge >= 0.3 is 0 Å². The van der Waals surface area contributed by atoms with Crippen LogP contribution in [0.4, 0.5) is 5.13 Å². The number of oxime groups is 1. The number of likely N-dealkylation sites (tertiary alicyclic amines) is 2. The van der Waals surface area contributed by atoms with Crippen LogP contribution in [-0.4, -0.2) is 126 Å². The first-order valence-corrected chi connectivity index (χ1v) is 20.2. The molecular formula is C39H50Cl2N8O5S. The predicted molar refractivity (Wildman–Crippen MR) is 216 cm³/mol. The van der Waals surface area contributed by atoms with Gasteiger partial charge in [0.25, 0.3) is 11.8 Å². The summed E-state index contributed by atoms with van der Waals surface area (Å²) >= 11 is 14.1. The summed E-state index contributed by atoms with van der Waals surface area (Å²) in [6, 6.07) is 11.3. The molecule has 13 nitrogen and oxygen atoms in total. The Hall–Kier alpha value is -4.11. The van der Waals surface area contributed by atoms with Gasteiger partial charge in [0, 0.05) is 70.6 Å². The largest absolute Gasteiger partial charge is 0.386 e. The third-order valence-electron chi connectivity index (χ3n) is 10.2. The Labute approximate surface area is 337 Å². The van der Waals surface area contributed by atoms with E-state index in [4.69, 9.17) is 28.0 Å². The van der Waals surface area contributed by atoms with Crippen molar-refractivity contribution in [2.45, 2.75) is 64.3 Å². The summed E-state index contributed by atoms with van der Waals surface area (Å²) in [5.41, 5.74) is 5.42. The van der Waals surface area contributed by atoms with Crippen LogP contribution in [0.2, 0.25) is 10.0 Å². The number of hydrogen-bond acceptors (Lipinski definition) is 10. The number of aryl methyl sites for hydroxylation is 2. The van der Waals surface area contributed by atoms with Crippen LogP contribution >= 0.6 is 34.5 Å². The first-order valence-electron chi connectivity index (χ1n) is 18.6. The van der Waals surface area contributed by atoms with Crippen LogP contribution in [0.1, 0.15) is 71.5 Å². The average molecular weight is 814 g/mol. The van der Waals surface area contributed by atoms with Crippen molar-refractivity contribution in [3.8, 4) is 0 Å². The van der Waals surface area contributed by atoms with Gasteiger partial charge in [-0.1, -0.05) is 63.0 Å². The van der Waals surface area contributed by atoms with E-state index >= 15 is 0 Å². The molecular weight excluding hydrogens is 763 g/mol. The van der Waals surface area contributed by atoms with Crippen LogP contribution < -0.4 is 5.32 Å². The van der Waals surface area contributed by atoms with Gasteiger partial charge < -0.3 is 24.4 Å². The molecule has 55 heavy (non-hydrogen) atoms. The maximum atomic E-state index is 13.8. The number of anilines is 1. The molecule has 3 aromatic rings. The van der Waals surface area contributed by atoms with Crippen LogP contribution in [0.5, 0.6) is 0 Å². The molecule has 296 valence electrons. The van der Waals surface area contributed by atoms with Crippen molar-refractivity contribution in [3.63, 3.8) is 0 Å². The van der Waals surface area contributed by atoms with Crippen LogP contribution in [0.15, 0.2) is 47.1 Å². The number of halogens is 2. The molecule has 2 fully saturated rings. The van der Waals surface area contributed by atoms with E-state index in [9.17, 15) is 19.2 Å². The fourth-order valence-corrected chi connectivity index (χ4v) is 8.10. The lowest BCUT2D eigenvalue weighted by Gasteiger charge is -2.42. The highest BCUT2D eigenvalue weighted by Gasteiger charge is 2.36. The molecule has 2 aliphatic heterocycles. The zero-order valence-corrected chi connectivity index (χ0v) is 34.4. The SMILES string of the molecule is Cc1cc(C)cc(C(=O)N(C)C/C(=N\OCC(=O)Nc2nncs2)C(CCN2CCC(N3CCCC(CC(=O)N(C)C)C3=O)CC2)c2ccc(Cl)c(Cl)c2)c1. The monoisotopic (exact) mass is 812 g/mol. The summed E-state index contributed by atoms with van der Waals surface area (Å²) in [6.07, 6.45) is 4.17. The number of hydrogen-bond donors (Lipinski definition) is 1. The first-order chi connectivity index (χ1) is 26.3. The molecule has 1 aromatic heterocycles. The quantitative estimate of drug-likeness (QED) is 0.148. The Balaban J connectivity index is 1.32. The Morgan fingerprint density at radius 2 is 1.75 bits per heavy atom. The molecule has 0 bridgehead atoms. The highest BCUT2D eigenvalue weighted by molar-refractivity contribution is 7.13. The number of aromatic nitrogens is 2. The number of piperidine rings is 2. The van der Waals surface area contributed by atoms with Gasteiger partial charge in [0.2, 0.25) is 16.9 Å². The van der Waals surface area contributed by atoms with E-state index < -0.39 is 5.91 Å². The second-order valence-corrected chi connectivity index (χ2v) is 16.3. The van der Waals surface area contributed by atoms with Crippen molar-refractivity contribution >= 4 is 69.0 Å². The smallest absolute Gasteiger partial charge is 0.266 e. The number of amides is 4. The highest BCUT2D eigenvalue weighted by atomic mass is 35.5. The minimum Gasteiger partial charge on any atom is -0.386 e. The van der Waals surface area contributed by atoms with Gasteiger partial charge in [-0.2, -0.15) is 0 Å². The maximum absolute atomic E-state index is 13.8. The molecule has 0 saturated carbocycles. The normalized spacial score (nSPS) is 17.5. The number of carbonyl (C=O) groups excluding carboxylic acids is 4. The van der Waals surface area contributed by atoms with E-state index in [1.807, 2.05) is 49.1 Å². The van der Waals surface area contributed by atoms with E-state index in [1.165, 1.54) is 16.8 Å². The third-order valence-corrected chi connectivity index (χ3v) is 11.5. The summed E-state index contributed by atoms with van der Waals surface area (Å²) in [7, 11) is 5.17. The summed E-state index contributed by atoms with van der Waals surface area (Å²) < 4.78 is 0. The van der Waals surface area contributed by atoms with E-state index in [-0.39, 0.29) is 55.2 Å². The Morgan fingerprint density at radius 1 is 1.02 bits per heavy atom. The first kappa shape index (κ1) is 42.0. The lowest BCUT2D eigenvalue weighted by molar-refractivity contribution is -0.146. The van der Waals surface area contributed by atoms with E-state index in [2.05, 4.69) is 25.6 Å². The van der Waals surface area contributed by atoms with Gasteiger partial charge in [0.1, 0.15) is 5.51 Å². The van der Waals surface area contributed by atoms with E-state index in [0.717, 1.165) is 62.0 Å². The molecule has 3 heterocycles. The Bertz CT molecular complexity index is 1830. The number of nitrogens with zero attached hydrogens (tertiary/aromatic N) is 7. The van der Waals surface area contributed by atoms with Crippen molar-refractivity contribution in [2.75, 3.05) is 65.8 Å². The molecule has 2 aliphatic rings. The van der Waals surface area contributed by atoms with Gasteiger partial charge in [-0.25, -0.2) is 0 Å². The molecule has 1 N–H and O–H groups in total. The number of nitrogens with one attached hydrogen (secondary N) is 1. The second kappa shape index (κ2) is 19.7. The summed E-state index contributed by atoms with van der Waals surface area (Å²) in [5, 5.41) is 15.9. The lowest BCUT2D eigenvalue weighted by atomic mass is 9.89. The predicted octanol–water partition coefficient (Wildman–Crippen LogP) is 5.90. The topological polar surface area (TPSA) is 141 Å². The van der Waals surface area contributed by atoms with E-state index in [1.54, 1.807) is 37.0 Å². The van der Waals surface area contributed by atoms with Crippen molar-refractivity contribution in [1.82, 2.24) is 29.8 Å². The van der Waals surface area contributed by atoms with Crippen molar-refractivity contribution < 1.29 is 24.0 Å². The van der Waals surface area contributed by atoms with Gasteiger partial charge in [-0.15, -0.1) is 10.2 Å².